The Morgan fingerprint density at radius 1 is 1.14 bits per heavy atom. The molecule has 0 aromatic heterocycles. The van der Waals surface area contributed by atoms with Gasteiger partial charge in [0.25, 0.3) is 0 Å². The molecule has 2 aromatic carbocycles. The van der Waals surface area contributed by atoms with Crippen LogP contribution >= 0.6 is 0 Å². The van der Waals surface area contributed by atoms with Crippen molar-refractivity contribution < 1.29 is 26.9 Å². The van der Waals surface area contributed by atoms with Gasteiger partial charge in [-0.1, -0.05) is 17.7 Å². The summed E-state index contributed by atoms with van der Waals surface area (Å²) in [7, 11) is -4.15. The Balaban J connectivity index is 2.36. The predicted molar refractivity (Wildman–Crippen MR) is 72.4 cm³/mol. The largest absolute Gasteiger partial charge is 0.478 e. The number of rotatable bonds is 4. The molecule has 0 saturated carbocycles. The maximum Gasteiger partial charge on any atom is 0.339 e. The van der Waals surface area contributed by atoms with Crippen molar-refractivity contribution in [3.05, 3.63) is 59.4 Å². The number of hydrogen-bond acceptors (Lipinski definition) is 4. The second kappa shape index (κ2) is 5.53. The number of carboxylic acids is 1. The van der Waals surface area contributed by atoms with Crippen molar-refractivity contribution in [2.45, 2.75) is 11.8 Å². The highest BCUT2D eigenvalue weighted by Crippen LogP contribution is 2.21. The average molecular weight is 310 g/mol. The van der Waals surface area contributed by atoms with Gasteiger partial charge in [-0.3, -0.25) is 0 Å². The van der Waals surface area contributed by atoms with Crippen molar-refractivity contribution in [3.8, 4) is 5.75 Å². The zero-order valence-corrected chi connectivity index (χ0v) is 11.7. The standard InChI is InChI=1S/C14H11FO5S/c1-9-2-4-13(5-3-9)21(18,19)20-12-7-10(14(16)17)6-11(15)8-12/h2-8H,1H3,(H,16,17). The molecule has 0 amide bonds. The van der Waals surface area contributed by atoms with Crippen LogP contribution in [0.4, 0.5) is 4.39 Å². The lowest BCUT2D eigenvalue weighted by atomic mass is 10.2. The average Bonchev–Trinajstić information content (AvgIpc) is 2.37. The molecule has 0 atom stereocenters. The molecule has 0 unspecified atom stereocenters. The summed E-state index contributed by atoms with van der Waals surface area (Å²) >= 11 is 0. The highest BCUT2D eigenvalue weighted by atomic mass is 32.2. The number of benzene rings is 2. The Labute approximate surface area is 120 Å². The van der Waals surface area contributed by atoms with Crippen molar-refractivity contribution in [2.24, 2.45) is 0 Å². The Morgan fingerprint density at radius 2 is 1.76 bits per heavy atom. The molecule has 2 rings (SSSR count). The van der Waals surface area contributed by atoms with Crippen LogP contribution in [-0.4, -0.2) is 19.5 Å². The minimum absolute atomic E-state index is 0.103. The quantitative estimate of drug-likeness (QED) is 0.878. The molecule has 0 aliphatic rings. The van der Waals surface area contributed by atoms with Gasteiger partial charge in [0.15, 0.2) is 0 Å². The van der Waals surface area contributed by atoms with Crippen LogP contribution in [0.15, 0.2) is 47.4 Å². The summed E-state index contributed by atoms with van der Waals surface area (Å²) < 4.78 is 42.1. The fourth-order valence-corrected chi connectivity index (χ4v) is 2.53. The van der Waals surface area contributed by atoms with Gasteiger partial charge in [-0.2, -0.15) is 8.42 Å². The van der Waals surface area contributed by atoms with Crippen LogP contribution < -0.4 is 4.18 Å². The van der Waals surface area contributed by atoms with E-state index in [1.54, 1.807) is 19.1 Å². The predicted octanol–water partition coefficient (Wildman–Crippen LogP) is 2.60. The first-order valence-corrected chi connectivity index (χ1v) is 7.24. The molecule has 1 N–H and O–H groups in total. The summed E-state index contributed by atoms with van der Waals surface area (Å²) in [4.78, 5) is 10.7. The van der Waals surface area contributed by atoms with Crippen LogP contribution in [0.25, 0.3) is 0 Å². The summed E-state index contributed by atoms with van der Waals surface area (Å²) in [5, 5.41) is 8.81. The summed E-state index contributed by atoms with van der Waals surface area (Å²) in [5.74, 6) is -2.68. The van der Waals surface area contributed by atoms with E-state index < -0.39 is 33.2 Å². The number of halogens is 1. The second-order valence-electron chi connectivity index (χ2n) is 4.33. The summed E-state index contributed by atoms with van der Waals surface area (Å²) in [6.45, 7) is 1.79. The summed E-state index contributed by atoms with van der Waals surface area (Å²) in [6, 6.07) is 8.39. The van der Waals surface area contributed by atoms with E-state index in [2.05, 4.69) is 0 Å². The number of aryl methyl sites for hydroxylation is 1. The Bertz CT molecular complexity index is 782. The van der Waals surface area contributed by atoms with Gasteiger partial charge in [0.1, 0.15) is 16.5 Å². The topological polar surface area (TPSA) is 80.7 Å². The lowest BCUT2D eigenvalue weighted by Gasteiger charge is -2.08. The second-order valence-corrected chi connectivity index (χ2v) is 5.88. The Hall–Kier alpha value is -2.41. The summed E-state index contributed by atoms with van der Waals surface area (Å²) in [5.41, 5.74) is 0.469. The third-order valence-corrected chi connectivity index (χ3v) is 3.90. The Morgan fingerprint density at radius 3 is 2.33 bits per heavy atom. The molecule has 0 heterocycles. The van der Waals surface area contributed by atoms with Crippen molar-refractivity contribution in [3.63, 3.8) is 0 Å². The first-order chi connectivity index (χ1) is 9.78. The van der Waals surface area contributed by atoms with E-state index in [0.29, 0.717) is 0 Å². The van der Waals surface area contributed by atoms with E-state index in [0.717, 1.165) is 23.8 Å². The van der Waals surface area contributed by atoms with Crippen molar-refractivity contribution in [2.75, 3.05) is 0 Å². The van der Waals surface area contributed by atoms with Gasteiger partial charge in [-0.05, 0) is 31.2 Å². The minimum Gasteiger partial charge on any atom is -0.478 e. The van der Waals surface area contributed by atoms with E-state index >= 15 is 0 Å². The van der Waals surface area contributed by atoms with Crippen molar-refractivity contribution in [1.82, 2.24) is 0 Å². The molecule has 0 spiro atoms. The fraction of sp³-hybridized carbons (Fsp3) is 0.0714. The summed E-state index contributed by atoms with van der Waals surface area (Å²) in [6.07, 6.45) is 0. The van der Waals surface area contributed by atoms with E-state index in [1.165, 1.54) is 12.1 Å². The van der Waals surface area contributed by atoms with Gasteiger partial charge in [0.2, 0.25) is 0 Å². The highest BCUT2D eigenvalue weighted by Gasteiger charge is 2.18. The molecule has 7 heteroatoms. The molecule has 0 fully saturated rings. The molecular formula is C14H11FO5S. The van der Waals surface area contributed by atoms with E-state index in [1.807, 2.05) is 0 Å². The monoisotopic (exact) mass is 310 g/mol. The van der Waals surface area contributed by atoms with Crippen molar-refractivity contribution >= 4 is 16.1 Å². The third kappa shape index (κ3) is 3.57. The van der Waals surface area contributed by atoms with Gasteiger partial charge in [0, 0.05) is 6.07 Å². The molecule has 0 radical (unpaired) electrons. The van der Waals surface area contributed by atoms with Gasteiger partial charge < -0.3 is 9.29 Å². The van der Waals surface area contributed by atoms with Crippen LogP contribution in [0.3, 0.4) is 0 Å². The third-order valence-electron chi connectivity index (χ3n) is 2.63. The molecule has 0 aliphatic carbocycles. The van der Waals surface area contributed by atoms with Gasteiger partial charge >= 0.3 is 16.1 Å². The number of carbonyl (C=O) groups is 1. The molecule has 2 aromatic rings. The smallest absolute Gasteiger partial charge is 0.339 e. The molecule has 21 heavy (non-hydrogen) atoms. The maximum atomic E-state index is 13.3. The first-order valence-electron chi connectivity index (χ1n) is 5.83. The van der Waals surface area contributed by atoms with E-state index in [9.17, 15) is 17.6 Å². The molecule has 5 nitrogen and oxygen atoms in total. The van der Waals surface area contributed by atoms with E-state index in [-0.39, 0.29) is 4.90 Å². The number of hydrogen-bond donors (Lipinski definition) is 1. The van der Waals surface area contributed by atoms with Gasteiger partial charge in [-0.25, -0.2) is 9.18 Å². The first kappa shape index (κ1) is 15.0. The maximum absolute atomic E-state index is 13.3. The van der Waals surface area contributed by atoms with Gasteiger partial charge in [-0.15, -0.1) is 0 Å². The minimum atomic E-state index is -4.15. The molecular weight excluding hydrogens is 299 g/mol. The van der Waals surface area contributed by atoms with Crippen LogP contribution in [0.2, 0.25) is 0 Å². The lowest BCUT2D eigenvalue weighted by Crippen LogP contribution is -2.10. The van der Waals surface area contributed by atoms with E-state index in [4.69, 9.17) is 9.29 Å². The molecule has 0 aliphatic heterocycles. The zero-order valence-electron chi connectivity index (χ0n) is 10.9. The number of aromatic carboxylic acids is 1. The van der Waals surface area contributed by atoms with Crippen LogP contribution in [0, 0.1) is 12.7 Å². The molecule has 0 saturated heterocycles. The normalized spacial score (nSPS) is 11.1. The molecule has 110 valence electrons. The highest BCUT2D eigenvalue weighted by molar-refractivity contribution is 7.87. The zero-order chi connectivity index (χ0) is 15.6. The fourth-order valence-electron chi connectivity index (χ4n) is 1.61. The van der Waals surface area contributed by atoms with Crippen LogP contribution in [0.1, 0.15) is 15.9 Å². The lowest BCUT2D eigenvalue weighted by molar-refractivity contribution is 0.0696. The number of carboxylic acid groups (broad SMARTS) is 1. The van der Waals surface area contributed by atoms with Gasteiger partial charge in [0.05, 0.1) is 5.56 Å². The molecule has 0 bridgehead atoms. The SMILES string of the molecule is Cc1ccc(S(=O)(=O)Oc2cc(F)cc(C(=O)O)c2)cc1. The van der Waals surface area contributed by atoms with Crippen LogP contribution in [0.5, 0.6) is 5.75 Å². The Kier molecular flexibility index (Phi) is 3.95. The van der Waals surface area contributed by atoms with Crippen LogP contribution in [-0.2, 0) is 10.1 Å². The van der Waals surface area contributed by atoms with Crippen molar-refractivity contribution in [1.29, 1.82) is 0 Å².